The Labute approximate surface area is 90.5 Å². The first-order valence-corrected chi connectivity index (χ1v) is 4.17. The SMILES string of the molecule is Cc1nc(CN)sc1Br.Cl.Cl. The molecule has 0 bridgehead atoms. The second-order valence-corrected chi connectivity index (χ2v) is 4.07. The zero-order valence-electron chi connectivity index (χ0n) is 5.83. The van der Waals surface area contributed by atoms with Gasteiger partial charge in [0.15, 0.2) is 0 Å². The molecule has 2 nitrogen and oxygen atoms in total. The zero-order chi connectivity index (χ0) is 6.85. The van der Waals surface area contributed by atoms with Crippen LogP contribution in [0.1, 0.15) is 10.7 Å². The van der Waals surface area contributed by atoms with E-state index < -0.39 is 0 Å². The third-order valence-electron chi connectivity index (χ3n) is 0.959. The Balaban J connectivity index is 0. The smallest absolute Gasteiger partial charge is 0.108 e. The number of aromatic nitrogens is 1. The van der Waals surface area contributed by atoms with E-state index in [4.69, 9.17) is 5.73 Å². The van der Waals surface area contributed by atoms with Crippen LogP contribution >= 0.6 is 52.1 Å². The highest BCUT2D eigenvalue weighted by Gasteiger charge is 2.00. The van der Waals surface area contributed by atoms with Crippen molar-refractivity contribution >= 4 is 52.1 Å². The van der Waals surface area contributed by atoms with Gasteiger partial charge in [0.05, 0.1) is 9.48 Å². The summed E-state index contributed by atoms with van der Waals surface area (Å²) in [4.78, 5) is 4.18. The monoisotopic (exact) mass is 278 g/mol. The zero-order valence-corrected chi connectivity index (χ0v) is 9.87. The first kappa shape index (κ1) is 14.2. The molecule has 2 N–H and O–H groups in total. The van der Waals surface area contributed by atoms with Crippen LogP contribution in [0.15, 0.2) is 3.79 Å². The summed E-state index contributed by atoms with van der Waals surface area (Å²) in [5.41, 5.74) is 6.39. The highest BCUT2D eigenvalue weighted by molar-refractivity contribution is 9.11. The molecule has 66 valence electrons. The van der Waals surface area contributed by atoms with Crippen LogP contribution in [0.5, 0.6) is 0 Å². The molecule has 0 amide bonds. The van der Waals surface area contributed by atoms with Gasteiger partial charge in [0.2, 0.25) is 0 Å². The molecule has 11 heavy (non-hydrogen) atoms. The largest absolute Gasteiger partial charge is 0.325 e. The molecule has 0 aliphatic carbocycles. The molecule has 1 aromatic rings. The number of nitrogens with zero attached hydrogens (tertiary/aromatic N) is 1. The lowest BCUT2D eigenvalue weighted by Gasteiger charge is -1.79. The van der Waals surface area contributed by atoms with Gasteiger partial charge in [-0.25, -0.2) is 4.98 Å². The van der Waals surface area contributed by atoms with Gasteiger partial charge in [-0.2, -0.15) is 0 Å². The number of nitrogens with two attached hydrogens (primary N) is 1. The molecule has 0 fully saturated rings. The Kier molecular flexibility index (Phi) is 7.99. The third kappa shape index (κ3) is 3.71. The normalized spacial score (nSPS) is 8.27. The van der Waals surface area contributed by atoms with E-state index in [0.29, 0.717) is 6.54 Å². The highest BCUT2D eigenvalue weighted by Crippen LogP contribution is 2.23. The van der Waals surface area contributed by atoms with Crippen molar-refractivity contribution in [2.24, 2.45) is 5.73 Å². The first-order valence-electron chi connectivity index (χ1n) is 2.56. The minimum atomic E-state index is 0. The van der Waals surface area contributed by atoms with Crippen LogP contribution in [0.3, 0.4) is 0 Å². The Bertz CT molecular complexity index is 197. The quantitative estimate of drug-likeness (QED) is 0.858. The second-order valence-electron chi connectivity index (χ2n) is 1.67. The molecule has 0 radical (unpaired) electrons. The van der Waals surface area contributed by atoms with Crippen molar-refractivity contribution in [3.8, 4) is 0 Å². The predicted octanol–water partition coefficient (Wildman–Crippen LogP) is 2.52. The van der Waals surface area contributed by atoms with Gasteiger partial charge >= 0.3 is 0 Å². The first-order chi connectivity index (χ1) is 4.24. The van der Waals surface area contributed by atoms with E-state index in [1.165, 1.54) is 0 Å². The van der Waals surface area contributed by atoms with Crippen molar-refractivity contribution in [2.45, 2.75) is 13.5 Å². The van der Waals surface area contributed by atoms with Gasteiger partial charge < -0.3 is 5.73 Å². The predicted molar refractivity (Wildman–Crippen MR) is 56.9 cm³/mol. The maximum Gasteiger partial charge on any atom is 0.108 e. The summed E-state index contributed by atoms with van der Waals surface area (Å²) in [6.07, 6.45) is 0. The lowest BCUT2D eigenvalue weighted by Crippen LogP contribution is -1.94. The van der Waals surface area contributed by atoms with E-state index in [1.54, 1.807) is 11.3 Å². The Morgan fingerprint density at radius 2 is 2.09 bits per heavy atom. The molecule has 0 aliphatic heterocycles. The summed E-state index contributed by atoms with van der Waals surface area (Å²) >= 11 is 4.95. The van der Waals surface area contributed by atoms with Crippen molar-refractivity contribution in [1.82, 2.24) is 4.98 Å². The van der Waals surface area contributed by atoms with Crippen LogP contribution < -0.4 is 5.73 Å². The topological polar surface area (TPSA) is 38.9 Å². The maximum absolute atomic E-state index is 5.36. The molecular formula is C5H9BrCl2N2S. The average molecular weight is 280 g/mol. The fraction of sp³-hybridized carbons (Fsp3) is 0.400. The standard InChI is InChI=1S/C5H7BrN2S.2ClH/c1-3-5(6)9-4(2-7)8-3;;/h2,7H2,1H3;2*1H. The van der Waals surface area contributed by atoms with Crippen LogP contribution in [0.2, 0.25) is 0 Å². The molecule has 0 aliphatic rings. The summed E-state index contributed by atoms with van der Waals surface area (Å²) in [5, 5.41) is 0.986. The molecular weight excluding hydrogens is 271 g/mol. The van der Waals surface area contributed by atoms with E-state index >= 15 is 0 Å². The molecule has 0 atom stereocenters. The average Bonchev–Trinajstić information content (AvgIpc) is 2.13. The molecule has 6 heteroatoms. The summed E-state index contributed by atoms with van der Waals surface area (Å²) in [5.74, 6) is 0. The van der Waals surface area contributed by atoms with E-state index in [-0.39, 0.29) is 24.8 Å². The molecule has 0 saturated carbocycles. The third-order valence-corrected chi connectivity index (χ3v) is 2.99. The number of hydrogen-bond donors (Lipinski definition) is 1. The van der Waals surface area contributed by atoms with Crippen LogP contribution in [0.4, 0.5) is 0 Å². The van der Waals surface area contributed by atoms with Crippen LogP contribution in [-0.4, -0.2) is 4.98 Å². The Morgan fingerprint density at radius 3 is 2.27 bits per heavy atom. The van der Waals surface area contributed by atoms with Gasteiger partial charge in [0.25, 0.3) is 0 Å². The van der Waals surface area contributed by atoms with Crippen LogP contribution in [0, 0.1) is 6.92 Å². The second kappa shape index (κ2) is 6.20. The summed E-state index contributed by atoms with van der Waals surface area (Å²) in [6, 6.07) is 0. The van der Waals surface area contributed by atoms with E-state index in [0.717, 1.165) is 14.5 Å². The highest BCUT2D eigenvalue weighted by atomic mass is 79.9. The number of aryl methyl sites for hydroxylation is 1. The van der Waals surface area contributed by atoms with Crippen molar-refractivity contribution in [3.05, 3.63) is 14.5 Å². The van der Waals surface area contributed by atoms with Crippen LogP contribution in [0.25, 0.3) is 0 Å². The molecule has 1 aromatic heterocycles. The number of halogens is 3. The van der Waals surface area contributed by atoms with E-state index in [1.807, 2.05) is 6.92 Å². The summed E-state index contributed by atoms with van der Waals surface area (Å²) < 4.78 is 1.09. The fourth-order valence-electron chi connectivity index (χ4n) is 0.518. The van der Waals surface area contributed by atoms with Crippen molar-refractivity contribution in [2.75, 3.05) is 0 Å². The van der Waals surface area contributed by atoms with E-state index in [2.05, 4.69) is 20.9 Å². The van der Waals surface area contributed by atoms with Crippen molar-refractivity contribution in [1.29, 1.82) is 0 Å². The van der Waals surface area contributed by atoms with Crippen LogP contribution in [-0.2, 0) is 6.54 Å². The molecule has 1 rings (SSSR count). The minimum Gasteiger partial charge on any atom is -0.325 e. The van der Waals surface area contributed by atoms with Gasteiger partial charge in [0.1, 0.15) is 5.01 Å². The Morgan fingerprint density at radius 1 is 1.55 bits per heavy atom. The molecule has 0 aromatic carbocycles. The summed E-state index contributed by atoms with van der Waals surface area (Å²) in [6.45, 7) is 2.50. The molecule has 0 spiro atoms. The molecule has 0 unspecified atom stereocenters. The van der Waals surface area contributed by atoms with Crippen molar-refractivity contribution in [3.63, 3.8) is 0 Å². The van der Waals surface area contributed by atoms with Gasteiger partial charge in [-0.3, -0.25) is 0 Å². The maximum atomic E-state index is 5.36. The molecule has 0 saturated heterocycles. The van der Waals surface area contributed by atoms with Gasteiger partial charge in [-0.05, 0) is 22.9 Å². The number of hydrogen-bond acceptors (Lipinski definition) is 3. The lowest BCUT2D eigenvalue weighted by atomic mass is 10.6. The summed E-state index contributed by atoms with van der Waals surface area (Å²) in [7, 11) is 0. The Hall–Kier alpha value is 0.650. The van der Waals surface area contributed by atoms with E-state index in [9.17, 15) is 0 Å². The van der Waals surface area contributed by atoms with Gasteiger partial charge in [-0.1, -0.05) is 0 Å². The lowest BCUT2D eigenvalue weighted by molar-refractivity contribution is 1.02. The van der Waals surface area contributed by atoms with Crippen molar-refractivity contribution < 1.29 is 0 Å². The number of rotatable bonds is 1. The minimum absolute atomic E-state index is 0. The molecule has 1 heterocycles. The number of thiazole rings is 1. The van der Waals surface area contributed by atoms with Gasteiger partial charge in [-0.15, -0.1) is 36.2 Å². The van der Waals surface area contributed by atoms with Gasteiger partial charge in [0, 0.05) is 6.54 Å². The fourth-order valence-corrected chi connectivity index (χ4v) is 1.83.